The van der Waals surface area contributed by atoms with Crippen molar-refractivity contribution in [3.05, 3.63) is 81.5 Å². The molecule has 7 heteroatoms. The SMILES string of the molecule is C=C(NC=O)Oc1ccc2nc3c(c(CC)c2c1)Cn1c-3cc2c(c1=O)CCC(=C)C2N.CC. The van der Waals surface area contributed by atoms with Crippen LogP contribution in [0.4, 0.5) is 0 Å². The maximum atomic E-state index is 13.3. The lowest BCUT2D eigenvalue weighted by Crippen LogP contribution is -2.30. The highest BCUT2D eigenvalue weighted by Crippen LogP contribution is 2.39. The molecule has 2 aromatic heterocycles. The number of nitrogens with zero attached hydrogens (tertiary/aromatic N) is 2. The first-order valence-corrected chi connectivity index (χ1v) is 11.7. The van der Waals surface area contributed by atoms with Crippen LogP contribution in [0.5, 0.6) is 5.75 Å². The number of hydrogen-bond acceptors (Lipinski definition) is 5. The summed E-state index contributed by atoms with van der Waals surface area (Å²) in [4.78, 5) is 28.9. The van der Waals surface area contributed by atoms with Gasteiger partial charge in [-0.25, -0.2) is 4.98 Å². The zero-order valence-electron chi connectivity index (χ0n) is 19.9. The second-order valence-electron chi connectivity index (χ2n) is 8.23. The van der Waals surface area contributed by atoms with E-state index >= 15 is 0 Å². The molecule has 5 rings (SSSR count). The van der Waals surface area contributed by atoms with E-state index in [2.05, 4.69) is 25.4 Å². The van der Waals surface area contributed by atoms with Crippen LogP contribution in [-0.2, 0) is 24.2 Å². The van der Waals surface area contributed by atoms with E-state index in [1.165, 1.54) is 0 Å². The van der Waals surface area contributed by atoms with E-state index in [9.17, 15) is 9.59 Å². The second-order valence-corrected chi connectivity index (χ2v) is 8.23. The number of hydrogen-bond donors (Lipinski definition) is 2. The second kappa shape index (κ2) is 9.27. The quantitative estimate of drug-likeness (QED) is 0.266. The van der Waals surface area contributed by atoms with Crippen LogP contribution < -0.4 is 21.3 Å². The minimum absolute atomic E-state index is 0.0184. The number of fused-ring (bicyclic) bond motifs is 5. The predicted octanol–water partition coefficient (Wildman–Crippen LogP) is 4.11. The maximum absolute atomic E-state index is 13.3. The fraction of sp³-hybridized carbons (Fsp3) is 0.296. The highest BCUT2D eigenvalue weighted by atomic mass is 16.5. The van der Waals surface area contributed by atoms with Crippen LogP contribution in [-0.4, -0.2) is 16.0 Å². The first-order chi connectivity index (χ1) is 16.4. The molecule has 1 aromatic carbocycles. The number of aryl methyl sites for hydroxylation is 1. The summed E-state index contributed by atoms with van der Waals surface area (Å²) in [5, 5.41) is 3.35. The number of nitrogens with one attached hydrogen (secondary N) is 1. The van der Waals surface area contributed by atoms with Crippen LogP contribution in [0.25, 0.3) is 22.3 Å². The van der Waals surface area contributed by atoms with E-state index in [0.29, 0.717) is 25.1 Å². The highest BCUT2D eigenvalue weighted by Gasteiger charge is 2.31. The summed E-state index contributed by atoms with van der Waals surface area (Å²) in [7, 11) is 0. The smallest absolute Gasteiger partial charge is 0.254 e. The summed E-state index contributed by atoms with van der Waals surface area (Å²) in [5.74, 6) is 0.704. The molecule has 2 aliphatic rings. The van der Waals surface area contributed by atoms with Crippen molar-refractivity contribution in [1.82, 2.24) is 14.9 Å². The molecule has 1 amide bonds. The minimum atomic E-state index is -0.319. The molecule has 0 radical (unpaired) electrons. The summed E-state index contributed by atoms with van der Waals surface area (Å²) in [6, 6.07) is 7.27. The first kappa shape index (κ1) is 23.4. The van der Waals surface area contributed by atoms with Gasteiger partial charge in [0.05, 0.1) is 29.5 Å². The average Bonchev–Trinajstić information content (AvgIpc) is 3.20. The van der Waals surface area contributed by atoms with Crippen LogP contribution >= 0.6 is 0 Å². The predicted molar refractivity (Wildman–Crippen MR) is 135 cm³/mol. The number of carbonyl (C=O) groups is 1. The molecule has 1 aliphatic carbocycles. The fourth-order valence-corrected chi connectivity index (χ4v) is 4.84. The molecule has 3 N–H and O–H groups in total. The molecule has 0 saturated heterocycles. The van der Waals surface area contributed by atoms with E-state index in [0.717, 1.165) is 63.0 Å². The first-order valence-electron chi connectivity index (χ1n) is 11.7. The molecule has 3 heterocycles. The van der Waals surface area contributed by atoms with Gasteiger partial charge >= 0.3 is 0 Å². The van der Waals surface area contributed by atoms with E-state index in [1.54, 1.807) is 6.07 Å². The summed E-state index contributed by atoms with van der Waals surface area (Å²) in [6.07, 6.45) is 2.71. The topological polar surface area (TPSA) is 99.2 Å². The van der Waals surface area contributed by atoms with Gasteiger partial charge in [-0.15, -0.1) is 0 Å². The standard InChI is InChI=1S/C25H24N4O3.C2H6/c1-4-16-18-9-15(32-14(3)27-12-30)6-8-21(18)28-24-20(16)11-29-22(24)10-19-17(25(29)31)7-5-13(2)23(19)26;1-2/h6,8-10,12,23H,2-5,7,11,26H2,1H3,(H,27,30);1-2H3. The Labute approximate surface area is 199 Å². The monoisotopic (exact) mass is 458 g/mol. The van der Waals surface area contributed by atoms with Crippen LogP contribution in [0, 0.1) is 0 Å². The lowest BCUT2D eigenvalue weighted by atomic mass is 9.85. The molecule has 0 spiro atoms. The molecule has 34 heavy (non-hydrogen) atoms. The number of aromatic nitrogens is 2. The Morgan fingerprint density at radius 2 is 2.06 bits per heavy atom. The molecular weight excluding hydrogens is 428 g/mol. The molecule has 3 aromatic rings. The van der Waals surface area contributed by atoms with Gasteiger partial charge in [-0.05, 0) is 61.2 Å². The summed E-state index contributed by atoms with van der Waals surface area (Å²) >= 11 is 0. The van der Waals surface area contributed by atoms with Gasteiger partial charge in [0.25, 0.3) is 5.56 Å². The van der Waals surface area contributed by atoms with Crippen molar-refractivity contribution in [1.29, 1.82) is 0 Å². The number of benzene rings is 1. The Hall–Kier alpha value is -3.71. The Bertz CT molecular complexity index is 1390. The molecule has 176 valence electrons. The third kappa shape index (κ3) is 3.72. The summed E-state index contributed by atoms with van der Waals surface area (Å²) in [5.41, 5.74) is 13.7. The van der Waals surface area contributed by atoms with Crippen LogP contribution in [0.1, 0.15) is 55.5 Å². The number of nitrogens with two attached hydrogens (primary N) is 1. The van der Waals surface area contributed by atoms with Gasteiger partial charge in [0, 0.05) is 16.5 Å². The van der Waals surface area contributed by atoms with Crippen molar-refractivity contribution >= 4 is 17.3 Å². The number of carbonyl (C=O) groups excluding carboxylic acids is 1. The van der Waals surface area contributed by atoms with Crippen molar-refractivity contribution in [3.63, 3.8) is 0 Å². The summed E-state index contributed by atoms with van der Waals surface area (Å²) in [6.45, 7) is 14.3. The highest BCUT2D eigenvalue weighted by molar-refractivity contribution is 5.89. The number of pyridine rings is 2. The van der Waals surface area contributed by atoms with Crippen LogP contribution in [0.3, 0.4) is 0 Å². The zero-order valence-corrected chi connectivity index (χ0v) is 19.9. The lowest BCUT2D eigenvalue weighted by molar-refractivity contribution is -0.109. The van der Waals surface area contributed by atoms with Crippen LogP contribution in [0.15, 0.2) is 53.7 Å². The van der Waals surface area contributed by atoms with Crippen molar-refractivity contribution in [3.8, 4) is 17.1 Å². The molecule has 1 unspecified atom stereocenters. The Balaban J connectivity index is 0.00000133. The molecular formula is C27H30N4O3. The van der Waals surface area contributed by atoms with Gasteiger partial charge < -0.3 is 15.0 Å². The largest absolute Gasteiger partial charge is 0.442 e. The number of ether oxygens (including phenoxy) is 1. The third-order valence-electron chi connectivity index (χ3n) is 6.45. The zero-order chi connectivity index (χ0) is 24.6. The molecule has 0 saturated carbocycles. The Morgan fingerprint density at radius 3 is 2.76 bits per heavy atom. The lowest BCUT2D eigenvalue weighted by Gasteiger charge is -2.25. The van der Waals surface area contributed by atoms with E-state index in [4.69, 9.17) is 15.5 Å². The van der Waals surface area contributed by atoms with Gasteiger partial charge in [0.15, 0.2) is 5.88 Å². The van der Waals surface area contributed by atoms with E-state index in [-0.39, 0.29) is 17.5 Å². The van der Waals surface area contributed by atoms with Gasteiger partial charge in [-0.1, -0.05) is 32.9 Å². The van der Waals surface area contributed by atoms with Gasteiger partial charge in [-0.3, -0.25) is 14.9 Å². The number of amides is 1. The summed E-state index contributed by atoms with van der Waals surface area (Å²) < 4.78 is 7.43. The van der Waals surface area contributed by atoms with Crippen LogP contribution in [0.2, 0.25) is 0 Å². The Kier molecular flexibility index (Phi) is 6.39. The van der Waals surface area contributed by atoms with Crippen molar-refractivity contribution in [2.45, 2.75) is 52.6 Å². The minimum Gasteiger partial charge on any atom is -0.442 e. The normalized spacial score (nSPS) is 15.5. The van der Waals surface area contributed by atoms with E-state index < -0.39 is 0 Å². The molecule has 0 fully saturated rings. The Morgan fingerprint density at radius 1 is 1.29 bits per heavy atom. The van der Waals surface area contributed by atoms with E-state index in [1.807, 2.05) is 36.6 Å². The number of rotatable bonds is 5. The van der Waals surface area contributed by atoms with Crippen molar-refractivity contribution in [2.24, 2.45) is 5.73 Å². The van der Waals surface area contributed by atoms with Gasteiger partial charge in [-0.2, -0.15) is 0 Å². The molecule has 1 aliphatic heterocycles. The van der Waals surface area contributed by atoms with Crippen molar-refractivity contribution in [2.75, 3.05) is 0 Å². The molecule has 0 bridgehead atoms. The fourth-order valence-electron chi connectivity index (χ4n) is 4.84. The van der Waals surface area contributed by atoms with Gasteiger partial charge in [0.2, 0.25) is 6.41 Å². The molecule has 7 nitrogen and oxygen atoms in total. The van der Waals surface area contributed by atoms with Gasteiger partial charge in [0.1, 0.15) is 5.75 Å². The van der Waals surface area contributed by atoms with Crippen molar-refractivity contribution < 1.29 is 9.53 Å². The maximum Gasteiger partial charge on any atom is 0.254 e. The molecule has 1 atom stereocenters. The average molecular weight is 459 g/mol. The third-order valence-corrected chi connectivity index (χ3v) is 6.45.